The summed E-state index contributed by atoms with van der Waals surface area (Å²) in [5.41, 5.74) is 8.61. The smallest absolute Gasteiger partial charge is 0.0481 e. The highest BCUT2D eigenvalue weighted by Crippen LogP contribution is 2.31. The largest absolute Gasteiger partial charge is 0.383 e. The van der Waals surface area contributed by atoms with Crippen molar-refractivity contribution in [3.05, 3.63) is 23.8 Å². The Morgan fingerprint density at radius 3 is 3.00 bits per heavy atom. The quantitative estimate of drug-likeness (QED) is 0.847. The first-order chi connectivity index (χ1) is 7.54. The minimum atomic E-state index is -0.0713. The molecule has 1 aliphatic heterocycles. The molecule has 1 aliphatic rings. The molecule has 1 aromatic carbocycles. The van der Waals surface area contributed by atoms with E-state index in [4.69, 9.17) is 5.73 Å². The average molecular weight is 236 g/mol. The molecule has 1 heterocycles. The number of nitrogens with two attached hydrogens (primary N) is 1. The van der Waals surface area contributed by atoms with Crippen LogP contribution in [-0.4, -0.2) is 17.8 Å². The van der Waals surface area contributed by atoms with Crippen molar-refractivity contribution in [3.8, 4) is 0 Å². The lowest BCUT2D eigenvalue weighted by molar-refractivity contribution is 0.477. The summed E-state index contributed by atoms with van der Waals surface area (Å²) in [5.74, 6) is 1.17. The van der Waals surface area contributed by atoms with Gasteiger partial charge in [-0.3, -0.25) is 0 Å². The summed E-state index contributed by atoms with van der Waals surface area (Å²) in [5, 5.41) is 3.45. The van der Waals surface area contributed by atoms with Crippen molar-refractivity contribution in [1.29, 1.82) is 0 Å². The summed E-state index contributed by atoms with van der Waals surface area (Å²) in [7, 11) is 0. The van der Waals surface area contributed by atoms with E-state index < -0.39 is 0 Å². The maximum atomic E-state index is 6.00. The van der Waals surface area contributed by atoms with E-state index in [0.717, 1.165) is 19.4 Å². The SMILES string of the molecule is CC(C)(N)CCc1ccc2c(c1)NCCS2. The summed E-state index contributed by atoms with van der Waals surface area (Å²) in [6.45, 7) is 5.24. The van der Waals surface area contributed by atoms with Crippen LogP contribution in [0.3, 0.4) is 0 Å². The normalized spacial score (nSPS) is 15.4. The zero-order valence-electron chi connectivity index (χ0n) is 10.0. The highest BCUT2D eigenvalue weighted by Gasteiger charge is 2.12. The molecule has 0 saturated heterocycles. The molecule has 88 valence electrons. The Kier molecular flexibility index (Phi) is 3.45. The van der Waals surface area contributed by atoms with E-state index in [9.17, 15) is 0 Å². The highest BCUT2D eigenvalue weighted by atomic mass is 32.2. The van der Waals surface area contributed by atoms with Crippen molar-refractivity contribution in [2.45, 2.75) is 37.1 Å². The highest BCUT2D eigenvalue weighted by molar-refractivity contribution is 7.99. The van der Waals surface area contributed by atoms with Crippen molar-refractivity contribution in [2.75, 3.05) is 17.6 Å². The molecule has 0 amide bonds. The van der Waals surface area contributed by atoms with Gasteiger partial charge in [0.1, 0.15) is 0 Å². The number of hydrogen-bond acceptors (Lipinski definition) is 3. The van der Waals surface area contributed by atoms with Crippen molar-refractivity contribution < 1.29 is 0 Å². The maximum absolute atomic E-state index is 6.00. The van der Waals surface area contributed by atoms with Crippen LogP contribution in [-0.2, 0) is 6.42 Å². The first-order valence-electron chi connectivity index (χ1n) is 5.83. The summed E-state index contributed by atoms with van der Waals surface area (Å²) >= 11 is 1.93. The van der Waals surface area contributed by atoms with Crippen molar-refractivity contribution >= 4 is 17.4 Å². The summed E-state index contributed by atoms with van der Waals surface area (Å²) in [6.07, 6.45) is 2.09. The Balaban J connectivity index is 2.06. The van der Waals surface area contributed by atoms with Crippen LogP contribution >= 0.6 is 11.8 Å². The summed E-state index contributed by atoms with van der Waals surface area (Å²) in [4.78, 5) is 1.38. The van der Waals surface area contributed by atoms with Gasteiger partial charge in [0.2, 0.25) is 0 Å². The van der Waals surface area contributed by atoms with Crippen molar-refractivity contribution in [3.63, 3.8) is 0 Å². The maximum Gasteiger partial charge on any atom is 0.0481 e. The predicted octanol–water partition coefficient (Wildman–Crippen LogP) is 2.87. The van der Waals surface area contributed by atoms with E-state index in [1.807, 2.05) is 11.8 Å². The zero-order chi connectivity index (χ0) is 11.6. The molecule has 2 rings (SSSR count). The Bertz CT molecular complexity index is 369. The third-order valence-electron chi connectivity index (χ3n) is 2.78. The fourth-order valence-corrected chi connectivity index (χ4v) is 2.68. The number of rotatable bonds is 3. The van der Waals surface area contributed by atoms with Crippen LogP contribution in [0.2, 0.25) is 0 Å². The van der Waals surface area contributed by atoms with Crippen LogP contribution in [0, 0.1) is 0 Å². The third kappa shape index (κ3) is 3.16. The molecule has 0 unspecified atom stereocenters. The molecular formula is C13H20N2S. The number of fused-ring (bicyclic) bond motifs is 1. The minimum Gasteiger partial charge on any atom is -0.383 e. The van der Waals surface area contributed by atoms with Gasteiger partial charge in [-0.1, -0.05) is 6.07 Å². The van der Waals surface area contributed by atoms with Crippen LogP contribution in [0.15, 0.2) is 23.1 Å². The zero-order valence-corrected chi connectivity index (χ0v) is 10.9. The minimum absolute atomic E-state index is 0.0713. The Labute approximate surface area is 102 Å². The molecule has 0 spiro atoms. The molecule has 3 heteroatoms. The summed E-state index contributed by atoms with van der Waals surface area (Å²) < 4.78 is 0. The van der Waals surface area contributed by atoms with E-state index in [0.29, 0.717) is 0 Å². The molecular weight excluding hydrogens is 216 g/mol. The van der Waals surface area contributed by atoms with Gasteiger partial charge in [0.15, 0.2) is 0 Å². The van der Waals surface area contributed by atoms with E-state index >= 15 is 0 Å². The average Bonchev–Trinajstić information content (AvgIpc) is 2.25. The Morgan fingerprint density at radius 1 is 1.44 bits per heavy atom. The van der Waals surface area contributed by atoms with Crippen LogP contribution in [0.25, 0.3) is 0 Å². The lowest BCUT2D eigenvalue weighted by atomic mass is 9.96. The number of anilines is 1. The summed E-state index contributed by atoms with van der Waals surface area (Å²) in [6, 6.07) is 6.73. The second kappa shape index (κ2) is 4.68. The second-order valence-electron chi connectivity index (χ2n) is 5.09. The van der Waals surface area contributed by atoms with Gasteiger partial charge in [-0.25, -0.2) is 0 Å². The molecule has 16 heavy (non-hydrogen) atoms. The molecule has 0 saturated carbocycles. The fourth-order valence-electron chi connectivity index (χ4n) is 1.81. The molecule has 0 aliphatic carbocycles. The standard InChI is InChI=1S/C13H20N2S/c1-13(2,14)6-5-10-3-4-12-11(9-10)15-7-8-16-12/h3-4,9,15H,5-8,14H2,1-2H3. The van der Waals surface area contributed by atoms with Crippen LogP contribution in [0.4, 0.5) is 5.69 Å². The molecule has 0 fully saturated rings. The van der Waals surface area contributed by atoms with Gasteiger partial charge >= 0.3 is 0 Å². The van der Waals surface area contributed by atoms with Gasteiger partial charge in [0.05, 0.1) is 0 Å². The molecule has 0 aromatic heterocycles. The number of benzene rings is 1. The predicted molar refractivity (Wildman–Crippen MR) is 72.2 cm³/mol. The molecule has 0 atom stereocenters. The first-order valence-corrected chi connectivity index (χ1v) is 6.82. The molecule has 3 N–H and O–H groups in total. The Morgan fingerprint density at radius 2 is 2.25 bits per heavy atom. The first kappa shape index (κ1) is 11.8. The lowest BCUT2D eigenvalue weighted by Crippen LogP contribution is -2.32. The van der Waals surface area contributed by atoms with Gasteiger partial charge in [-0.15, -0.1) is 11.8 Å². The number of thioether (sulfide) groups is 1. The monoisotopic (exact) mass is 236 g/mol. The lowest BCUT2D eigenvalue weighted by Gasteiger charge is -2.20. The van der Waals surface area contributed by atoms with Crippen molar-refractivity contribution in [1.82, 2.24) is 0 Å². The van der Waals surface area contributed by atoms with Gasteiger partial charge in [0.25, 0.3) is 0 Å². The van der Waals surface area contributed by atoms with Crippen LogP contribution in [0.1, 0.15) is 25.8 Å². The molecule has 2 nitrogen and oxygen atoms in total. The van der Waals surface area contributed by atoms with E-state index in [-0.39, 0.29) is 5.54 Å². The molecule has 0 bridgehead atoms. The van der Waals surface area contributed by atoms with Gasteiger partial charge in [-0.05, 0) is 44.4 Å². The topological polar surface area (TPSA) is 38.0 Å². The van der Waals surface area contributed by atoms with E-state index in [1.165, 1.54) is 21.9 Å². The number of aryl methyl sites for hydroxylation is 1. The molecule has 0 radical (unpaired) electrons. The Hall–Kier alpha value is -0.670. The van der Waals surface area contributed by atoms with Gasteiger partial charge in [0, 0.05) is 28.4 Å². The van der Waals surface area contributed by atoms with Gasteiger partial charge < -0.3 is 11.1 Å². The second-order valence-corrected chi connectivity index (χ2v) is 6.23. The number of nitrogens with one attached hydrogen (secondary N) is 1. The van der Waals surface area contributed by atoms with Crippen LogP contribution in [0.5, 0.6) is 0 Å². The fraction of sp³-hybridized carbons (Fsp3) is 0.538. The third-order valence-corrected chi connectivity index (χ3v) is 3.85. The van der Waals surface area contributed by atoms with E-state index in [2.05, 4.69) is 37.4 Å². The molecule has 1 aromatic rings. The van der Waals surface area contributed by atoms with Crippen molar-refractivity contribution in [2.24, 2.45) is 5.73 Å². The van der Waals surface area contributed by atoms with E-state index in [1.54, 1.807) is 0 Å². The number of hydrogen-bond donors (Lipinski definition) is 2. The van der Waals surface area contributed by atoms with Gasteiger partial charge in [-0.2, -0.15) is 0 Å². The van der Waals surface area contributed by atoms with Crippen LogP contribution < -0.4 is 11.1 Å².